The van der Waals surface area contributed by atoms with E-state index < -0.39 is 0 Å². The molecule has 0 amide bonds. The number of benzene rings is 3. The van der Waals surface area contributed by atoms with E-state index in [0.717, 1.165) is 16.5 Å². The summed E-state index contributed by atoms with van der Waals surface area (Å²) >= 11 is 0. The van der Waals surface area contributed by atoms with Gasteiger partial charge in [0.25, 0.3) is 0 Å². The highest BCUT2D eigenvalue weighted by Crippen LogP contribution is 2.26. The minimum Gasteiger partial charge on any atom is -0.489 e. The molecule has 3 nitrogen and oxygen atoms in total. The van der Waals surface area contributed by atoms with Gasteiger partial charge in [-0.25, -0.2) is 4.39 Å². The SMILES string of the molecule is O=C(c1ccc(F)cc1)c1c[nH]c2ccc(OCc3ccccc3)cc12. The quantitative estimate of drug-likeness (QED) is 0.510. The summed E-state index contributed by atoms with van der Waals surface area (Å²) in [4.78, 5) is 15.8. The van der Waals surface area contributed by atoms with Crippen molar-refractivity contribution in [2.45, 2.75) is 6.61 Å². The molecular formula is C22H16FNO2. The van der Waals surface area contributed by atoms with Crippen molar-refractivity contribution in [3.05, 3.63) is 102 Å². The molecule has 1 N–H and O–H groups in total. The fraction of sp³-hybridized carbons (Fsp3) is 0.0455. The van der Waals surface area contributed by atoms with Crippen molar-refractivity contribution in [1.82, 2.24) is 4.98 Å². The summed E-state index contributed by atoms with van der Waals surface area (Å²) in [6.45, 7) is 0.456. The molecule has 0 aliphatic heterocycles. The van der Waals surface area contributed by atoms with Gasteiger partial charge in [-0.2, -0.15) is 0 Å². The average molecular weight is 345 g/mol. The summed E-state index contributed by atoms with van der Waals surface area (Å²) in [6.07, 6.45) is 1.68. The van der Waals surface area contributed by atoms with Crippen LogP contribution < -0.4 is 4.74 Å². The molecule has 1 heterocycles. The number of hydrogen-bond acceptors (Lipinski definition) is 2. The van der Waals surface area contributed by atoms with Crippen molar-refractivity contribution in [3.63, 3.8) is 0 Å². The number of nitrogens with one attached hydrogen (secondary N) is 1. The molecule has 1 aromatic heterocycles. The Kier molecular flexibility index (Phi) is 4.23. The van der Waals surface area contributed by atoms with E-state index in [1.165, 1.54) is 24.3 Å². The monoisotopic (exact) mass is 345 g/mol. The molecule has 4 aromatic rings. The number of H-pyrrole nitrogens is 1. The lowest BCUT2D eigenvalue weighted by atomic mass is 10.0. The number of hydrogen-bond donors (Lipinski definition) is 1. The number of aromatic nitrogens is 1. The van der Waals surface area contributed by atoms with E-state index in [2.05, 4.69) is 4.98 Å². The summed E-state index contributed by atoms with van der Waals surface area (Å²) in [6, 6.07) is 21.1. The standard InChI is InChI=1S/C22H16FNO2/c23-17-8-6-16(7-9-17)22(25)20-13-24-21-11-10-18(12-19(20)21)26-14-15-4-2-1-3-5-15/h1-13,24H,14H2. The Bertz CT molecular complexity index is 1050. The van der Waals surface area contributed by atoms with E-state index in [1.807, 2.05) is 48.5 Å². The molecule has 0 spiro atoms. The largest absolute Gasteiger partial charge is 0.489 e. The second-order valence-electron chi connectivity index (χ2n) is 6.02. The average Bonchev–Trinajstić information content (AvgIpc) is 3.10. The highest BCUT2D eigenvalue weighted by atomic mass is 19.1. The first-order chi connectivity index (χ1) is 12.7. The van der Waals surface area contributed by atoms with Crippen molar-refractivity contribution in [3.8, 4) is 5.75 Å². The second kappa shape index (κ2) is 6.84. The van der Waals surface area contributed by atoms with Crippen LogP contribution >= 0.6 is 0 Å². The zero-order chi connectivity index (χ0) is 17.9. The molecule has 4 heteroatoms. The summed E-state index contributed by atoms with van der Waals surface area (Å²) in [5.74, 6) is 0.169. The van der Waals surface area contributed by atoms with Gasteiger partial charge in [-0.1, -0.05) is 30.3 Å². The van der Waals surface area contributed by atoms with E-state index in [4.69, 9.17) is 4.74 Å². The molecular weight excluding hydrogens is 329 g/mol. The van der Waals surface area contributed by atoms with Crippen LogP contribution in [0, 0.1) is 5.82 Å². The Balaban J connectivity index is 1.62. The maximum Gasteiger partial charge on any atom is 0.195 e. The van der Waals surface area contributed by atoms with Gasteiger partial charge in [-0.15, -0.1) is 0 Å². The zero-order valence-electron chi connectivity index (χ0n) is 13.9. The molecule has 26 heavy (non-hydrogen) atoms. The Labute approximate surface area is 150 Å². The van der Waals surface area contributed by atoms with Gasteiger partial charge in [0.1, 0.15) is 18.2 Å². The van der Waals surface area contributed by atoms with Gasteiger partial charge in [-0.3, -0.25) is 4.79 Å². The third-order valence-electron chi connectivity index (χ3n) is 4.25. The highest BCUT2D eigenvalue weighted by molar-refractivity contribution is 6.16. The number of fused-ring (bicyclic) bond motifs is 1. The topological polar surface area (TPSA) is 42.1 Å². The molecule has 0 aliphatic carbocycles. The summed E-state index contributed by atoms with van der Waals surface area (Å²) in [5, 5.41) is 0.782. The van der Waals surface area contributed by atoms with E-state index in [1.54, 1.807) is 6.20 Å². The fourth-order valence-corrected chi connectivity index (χ4v) is 2.88. The van der Waals surface area contributed by atoms with E-state index >= 15 is 0 Å². The van der Waals surface area contributed by atoms with Crippen LogP contribution in [0.3, 0.4) is 0 Å². The van der Waals surface area contributed by atoms with Crippen LogP contribution in [0.2, 0.25) is 0 Å². The Hall–Kier alpha value is -3.40. The third-order valence-corrected chi connectivity index (χ3v) is 4.25. The van der Waals surface area contributed by atoms with Gasteiger partial charge in [0.15, 0.2) is 5.78 Å². The Morgan fingerprint density at radius 2 is 1.73 bits per heavy atom. The number of halogens is 1. The van der Waals surface area contributed by atoms with Crippen LogP contribution in [0.1, 0.15) is 21.5 Å². The zero-order valence-corrected chi connectivity index (χ0v) is 13.9. The molecule has 128 valence electrons. The van der Waals surface area contributed by atoms with Gasteiger partial charge < -0.3 is 9.72 Å². The Morgan fingerprint density at radius 3 is 2.50 bits per heavy atom. The number of aromatic amines is 1. The molecule has 0 unspecified atom stereocenters. The van der Waals surface area contributed by atoms with E-state index in [0.29, 0.717) is 23.5 Å². The third kappa shape index (κ3) is 3.22. The first kappa shape index (κ1) is 16.1. The van der Waals surface area contributed by atoms with Crippen LogP contribution in [0.15, 0.2) is 79.0 Å². The number of carbonyl (C=O) groups excluding carboxylic acids is 1. The van der Waals surface area contributed by atoms with Crippen LogP contribution in [-0.4, -0.2) is 10.8 Å². The number of carbonyl (C=O) groups is 1. The maximum absolute atomic E-state index is 13.1. The summed E-state index contributed by atoms with van der Waals surface area (Å²) in [7, 11) is 0. The minimum atomic E-state index is -0.364. The van der Waals surface area contributed by atoms with Crippen molar-refractivity contribution >= 4 is 16.7 Å². The van der Waals surface area contributed by atoms with Crippen molar-refractivity contribution in [1.29, 1.82) is 0 Å². The van der Waals surface area contributed by atoms with E-state index in [9.17, 15) is 9.18 Å². The Morgan fingerprint density at radius 1 is 0.962 bits per heavy atom. The van der Waals surface area contributed by atoms with Crippen molar-refractivity contribution in [2.75, 3.05) is 0 Å². The lowest BCUT2D eigenvalue weighted by molar-refractivity contribution is 0.104. The summed E-state index contributed by atoms with van der Waals surface area (Å²) < 4.78 is 18.9. The number of rotatable bonds is 5. The number of ketones is 1. The minimum absolute atomic E-state index is 0.156. The molecule has 0 saturated carbocycles. The first-order valence-electron chi connectivity index (χ1n) is 8.29. The van der Waals surface area contributed by atoms with Crippen LogP contribution in [-0.2, 0) is 6.61 Å². The second-order valence-corrected chi connectivity index (χ2v) is 6.02. The van der Waals surface area contributed by atoms with Crippen molar-refractivity contribution < 1.29 is 13.9 Å². The summed E-state index contributed by atoms with van der Waals surface area (Å²) in [5.41, 5.74) is 2.91. The predicted molar refractivity (Wildman–Crippen MR) is 98.9 cm³/mol. The fourth-order valence-electron chi connectivity index (χ4n) is 2.88. The lowest BCUT2D eigenvalue weighted by Gasteiger charge is -2.07. The molecule has 0 fully saturated rings. The molecule has 0 aliphatic rings. The molecule has 0 saturated heterocycles. The van der Waals surface area contributed by atoms with Gasteiger partial charge >= 0.3 is 0 Å². The maximum atomic E-state index is 13.1. The van der Waals surface area contributed by atoms with Gasteiger partial charge in [0.05, 0.1) is 0 Å². The molecule has 0 radical (unpaired) electrons. The van der Waals surface area contributed by atoms with Gasteiger partial charge in [0, 0.05) is 28.2 Å². The smallest absolute Gasteiger partial charge is 0.195 e. The van der Waals surface area contributed by atoms with Crippen LogP contribution in [0.4, 0.5) is 4.39 Å². The normalized spacial score (nSPS) is 10.8. The predicted octanol–water partition coefficient (Wildman–Crippen LogP) is 5.12. The van der Waals surface area contributed by atoms with Gasteiger partial charge in [0.2, 0.25) is 0 Å². The van der Waals surface area contributed by atoms with Gasteiger partial charge in [-0.05, 0) is 48.0 Å². The molecule has 0 bridgehead atoms. The molecule has 3 aromatic carbocycles. The number of ether oxygens (including phenoxy) is 1. The van der Waals surface area contributed by atoms with E-state index in [-0.39, 0.29) is 11.6 Å². The van der Waals surface area contributed by atoms with Crippen LogP contribution in [0.25, 0.3) is 10.9 Å². The molecule has 0 atom stereocenters. The molecule has 4 rings (SSSR count). The lowest BCUT2D eigenvalue weighted by Crippen LogP contribution is -2.00. The van der Waals surface area contributed by atoms with Crippen molar-refractivity contribution in [2.24, 2.45) is 0 Å². The highest BCUT2D eigenvalue weighted by Gasteiger charge is 2.15. The first-order valence-corrected chi connectivity index (χ1v) is 8.29. The van der Waals surface area contributed by atoms with Crippen LogP contribution in [0.5, 0.6) is 5.75 Å².